The summed E-state index contributed by atoms with van der Waals surface area (Å²) in [6.07, 6.45) is -1.96. The highest BCUT2D eigenvalue weighted by atomic mass is 16.8. The Morgan fingerprint density at radius 1 is 0.750 bits per heavy atom. The van der Waals surface area contributed by atoms with E-state index in [-0.39, 0.29) is 6.61 Å². The minimum Gasteiger partial charge on any atom is -0.444 e. The van der Waals surface area contributed by atoms with E-state index in [1.54, 1.807) is 53.7 Å². The molecule has 1 aromatic carbocycles. The van der Waals surface area contributed by atoms with E-state index in [1.807, 2.05) is 32.9 Å². The first-order valence-corrected chi connectivity index (χ1v) is 10.2. The zero-order chi connectivity index (χ0) is 25.2. The number of ether oxygens (including phenoxy) is 4. The van der Waals surface area contributed by atoms with E-state index in [0.29, 0.717) is 12.1 Å². The van der Waals surface area contributed by atoms with Gasteiger partial charge >= 0.3 is 18.4 Å². The van der Waals surface area contributed by atoms with Crippen molar-refractivity contribution in [2.75, 3.05) is 11.9 Å². The lowest BCUT2D eigenvalue weighted by Crippen LogP contribution is -2.29. The van der Waals surface area contributed by atoms with Gasteiger partial charge in [0.1, 0.15) is 16.8 Å². The Balaban J connectivity index is 0.000000607. The Morgan fingerprint density at radius 3 is 1.50 bits per heavy atom. The molecule has 1 aromatic rings. The van der Waals surface area contributed by atoms with Gasteiger partial charge in [0.15, 0.2) is 0 Å². The Hall–Kier alpha value is -2.81. The number of aliphatic hydroxyl groups is 1. The molecular weight excluding hydrogens is 418 g/mol. The van der Waals surface area contributed by atoms with E-state index in [1.165, 1.54) is 0 Å². The number of amides is 1. The lowest BCUT2D eigenvalue weighted by atomic mass is 10.1. The van der Waals surface area contributed by atoms with Crippen molar-refractivity contribution in [3.8, 4) is 0 Å². The van der Waals surface area contributed by atoms with Gasteiger partial charge in [-0.15, -0.1) is 0 Å². The summed E-state index contributed by atoms with van der Waals surface area (Å²) < 4.78 is 18.9. The number of hydrogen-bond donors (Lipinski definition) is 2. The van der Waals surface area contributed by atoms with Crippen LogP contribution in [0.1, 0.15) is 67.9 Å². The summed E-state index contributed by atoms with van der Waals surface area (Å²) in [5.74, 6) is 0. The van der Waals surface area contributed by atoms with E-state index in [0.717, 1.165) is 5.56 Å². The van der Waals surface area contributed by atoms with Crippen molar-refractivity contribution in [3.63, 3.8) is 0 Å². The van der Waals surface area contributed by atoms with Gasteiger partial charge in [0.25, 0.3) is 0 Å². The fraction of sp³-hybridized carbons (Fsp3) is 0.609. The third kappa shape index (κ3) is 16.9. The second-order valence-electron chi connectivity index (χ2n) is 9.83. The molecule has 0 unspecified atom stereocenters. The lowest BCUT2D eigenvalue weighted by Gasteiger charge is -2.20. The summed E-state index contributed by atoms with van der Waals surface area (Å²) in [5.41, 5.74) is -0.179. The van der Waals surface area contributed by atoms with Crippen molar-refractivity contribution in [2.24, 2.45) is 0 Å². The van der Waals surface area contributed by atoms with Gasteiger partial charge < -0.3 is 24.1 Å². The monoisotopic (exact) mass is 455 g/mol. The standard InChI is InChI=1S/C13H19NO3.C10H18O5/c1-13(2,3)17-12(16)14-11-6-4-10(5-7-11)8-9-15;1-9(2,3)14-7(11)13-8(12)15-10(4,5)6/h4-7,15H,8-9H2,1-3H3,(H,14,16);1-6H3. The molecule has 0 heterocycles. The summed E-state index contributed by atoms with van der Waals surface area (Å²) in [4.78, 5) is 33.5. The molecule has 0 saturated carbocycles. The van der Waals surface area contributed by atoms with Gasteiger partial charge in [-0.1, -0.05) is 12.1 Å². The molecule has 1 rings (SSSR count). The van der Waals surface area contributed by atoms with Crippen LogP contribution in [0.15, 0.2) is 24.3 Å². The number of rotatable bonds is 3. The van der Waals surface area contributed by atoms with Crippen LogP contribution in [0, 0.1) is 0 Å². The molecule has 9 heteroatoms. The number of hydrogen-bond acceptors (Lipinski definition) is 8. The van der Waals surface area contributed by atoms with Gasteiger partial charge in [0.05, 0.1) is 0 Å². The highest BCUT2D eigenvalue weighted by molar-refractivity contribution is 5.84. The lowest BCUT2D eigenvalue weighted by molar-refractivity contribution is -0.0294. The van der Waals surface area contributed by atoms with E-state index < -0.39 is 35.2 Å². The number of carbonyl (C=O) groups is 3. The first-order chi connectivity index (χ1) is 14.4. The van der Waals surface area contributed by atoms with Gasteiger partial charge in [0.2, 0.25) is 0 Å². The number of aliphatic hydroxyl groups excluding tert-OH is 1. The summed E-state index contributed by atoms with van der Waals surface area (Å²) in [5, 5.41) is 11.4. The van der Waals surface area contributed by atoms with Gasteiger partial charge in [-0.2, -0.15) is 0 Å². The van der Waals surface area contributed by atoms with Crippen molar-refractivity contribution in [1.29, 1.82) is 0 Å². The molecule has 0 bridgehead atoms. The molecule has 0 radical (unpaired) electrons. The third-order valence-corrected chi connectivity index (χ3v) is 2.95. The first-order valence-electron chi connectivity index (χ1n) is 10.2. The molecule has 9 nitrogen and oxygen atoms in total. The van der Waals surface area contributed by atoms with Crippen molar-refractivity contribution < 1.29 is 38.4 Å². The topological polar surface area (TPSA) is 120 Å². The average Bonchev–Trinajstić information content (AvgIpc) is 2.51. The van der Waals surface area contributed by atoms with Crippen molar-refractivity contribution in [2.45, 2.75) is 85.5 Å². The maximum atomic E-state index is 11.5. The highest BCUT2D eigenvalue weighted by Crippen LogP contribution is 2.13. The van der Waals surface area contributed by atoms with Crippen LogP contribution in [0.2, 0.25) is 0 Å². The molecule has 182 valence electrons. The molecule has 0 saturated heterocycles. The predicted molar refractivity (Wildman–Crippen MR) is 121 cm³/mol. The van der Waals surface area contributed by atoms with Crippen molar-refractivity contribution >= 4 is 24.1 Å². The highest BCUT2D eigenvalue weighted by Gasteiger charge is 2.24. The zero-order valence-corrected chi connectivity index (χ0v) is 20.5. The molecule has 0 spiro atoms. The van der Waals surface area contributed by atoms with Gasteiger partial charge in [0, 0.05) is 12.3 Å². The Morgan fingerprint density at radius 2 is 1.16 bits per heavy atom. The maximum Gasteiger partial charge on any atom is 0.519 e. The van der Waals surface area contributed by atoms with Gasteiger partial charge in [-0.25, -0.2) is 14.4 Å². The SMILES string of the molecule is CC(C)(C)OC(=O)Nc1ccc(CCO)cc1.CC(C)(C)OC(=O)OC(=O)OC(C)(C)C. The maximum absolute atomic E-state index is 11.5. The normalized spacial score (nSPS) is 11.4. The number of benzene rings is 1. The molecule has 0 atom stereocenters. The van der Waals surface area contributed by atoms with Gasteiger partial charge in [-0.3, -0.25) is 5.32 Å². The van der Waals surface area contributed by atoms with Crippen LogP contribution in [-0.4, -0.2) is 46.9 Å². The largest absolute Gasteiger partial charge is 0.519 e. The Bertz CT molecular complexity index is 711. The smallest absolute Gasteiger partial charge is 0.444 e. The van der Waals surface area contributed by atoms with Crippen LogP contribution in [-0.2, 0) is 25.4 Å². The second-order valence-corrected chi connectivity index (χ2v) is 9.83. The summed E-state index contributed by atoms with van der Waals surface area (Å²) in [7, 11) is 0. The molecule has 32 heavy (non-hydrogen) atoms. The van der Waals surface area contributed by atoms with E-state index in [9.17, 15) is 14.4 Å². The second kappa shape index (κ2) is 12.3. The van der Waals surface area contributed by atoms with Crippen LogP contribution in [0.4, 0.5) is 20.1 Å². The Kier molecular flexibility index (Phi) is 11.2. The average molecular weight is 456 g/mol. The fourth-order valence-electron chi connectivity index (χ4n) is 1.92. The molecule has 0 fully saturated rings. The molecule has 0 aliphatic heterocycles. The predicted octanol–water partition coefficient (Wildman–Crippen LogP) is 5.44. The fourth-order valence-corrected chi connectivity index (χ4v) is 1.92. The molecule has 0 aliphatic rings. The summed E-state index contributed by atoms with van der Waals surface area (Å²) >= 11 is 0. The molecule has 0 aliphatic carbocycles. The molecule has 1 amide bonds. The van der Waals surface area contributed by atoms with Crippen LogP contribution < -0.4 is 5.32 Å². The van der Waals surface area contributed by atoms with E-state index >= 15 is 0 Å². The zero-order valence-electron chi connectivity index (χ0n) is 20.5. The third-order valence-electron chi connectivity index (χ3n) is 2.95. The molecule has 0 aromatic heterocycles. The van der Waals surface area contributed by atoms with Gasteiger partial charge in [-0.05, 0) is 86.4 Å². The van der Waals surface area contributed by atoms with Crippen LogP contribution in [0.5, 0.6) is 0 Å². The minimum atomic E-state index is -1.06. The van der Waals surface area contributed by atoms with Crippen LogP contribution in [0.25, 0.3) is 0 Å². The van der Waals surface area contributed by atoms with Crippen LogP contribution in [0.3, 0.4) is 0 Å². The minimum absolute atomic E-state index is 0.124. The number of anilines is 1. The quantitative estimate of drug-likeness (QED) is 0.351. The van der Waals surface area contributed by atoms with E-state index in [4.69, 9.17) is 19.3 Å². The van der Waals surface area contributed by atoms with Crippen molar-refractivity contribution in [1.82, 2.24) is 0 Å². The van der Waals surface area contributed by atoms with Crippen LogP contribution >= 0.6 is 0 Å². The summed E-state index contributed by atoms with van der Waals surface area (Å²) in [6, 6.07) is 7.30. The molecular formula is C23H37NO8. The number of nitrogens with one attached hydrogen (secondary N) is 1. The van der Waals surface area contributed by atoms with Crippen molar-refractivity contribution in [3.05, 3.63) is 29.8 Å². The number of carbonyl (C=O) groups excluding carboxylic acids is 3. The van der Waals surface area contributed by atoms with E-state index in [2.05, 4.69) is 10.1 Å². The summed E-state index contributed by atoms with van der Waals surface area (Å²) in [6.45, 7) is 15.6. The first kappa shape index (κ1) is 29.2. The molecule has 2 N–H and O–H groups in total. The Labute approximate surface area is 190 Å².